The third-order valence-electron chi connectivity index (χ3n) is 5.79. The number of nitrogens with zero attached hydrogens (tertiary/aromatic N) is 3. The maximum absolute atomic E-state index is 8.25. The van der Waals surface area contributed by atoms with Gasteiger partial charge in [0.2, 0.25) is 0 Å². The quantitative estimate of drug-likeness (QED) is 0.199. The second-order valence-electron chi connectivity index (χ2n) is 9.50. The molecule has 1 aliphatic rings. The Morgan fingerprint density at radius 3 is 0.648 bits per heavy atom. The average molecular weight is 864 g/mol. The predicted octanol–water partition coefficient (Wildman–Crippen LogP) is 2.43. The van der Waals surface area contributed by atoms with Crippen LogP contribution >= 0.6 is 0 Å². The van der Waals surface area contributed by atoms with Gasteiger partial charge in [0, 0.05) is 13.8 Å². The minimum atomic E-state index is -1.75. The van der Waals surface area contributed by atoms with Crippen molar-refractivity contribution in [3.8, 4) is 64.2 Å². The van der Waals surface area contributed by atoms with Crippen LogP contribution in [0.15, 0.2) is 97.1 Å². The van der Waals surface area contributed by atoms with E-state index in [0.717, 1.165) is 0 Å². The number of hydrogen-bond acceptors (Lipinski definition) is 13. The third-order valence-corrected chi connectivity index (χ3v) is 5.79. The van der Waals surface area contributed by atoms with Crippen LogP contribution in [0.3, 0.4) is 0 Å². The van der Waals surface area contributed by atoms with Crippen LogP contribution in [0.4, 0.5) is 0 Å². The van der Waals surface area contributed by atoms with E-state index in [4.69, 9.17) is 69.0 Å². The molecule has 5 rings (SSSR count). The molecule has 0 spiro atoms. The van der Waals surface area contributed by atoms with Gasteiger partial charge in [-0.05, 0) is 48.5 Å². The van der Waals surface area contributed by atoms with E-state index < -0.39 is 5.09 Å². The number of ether oxygens (including phenoxy) is 8. The van der Waals surface area contributed by atoms with Gasteiger partial charge in [-0.1, -0.05) is 48.5 Å². The molecule has 0 aromatic heterocycles. The van der Waals surface area contributed by atoms with Crippen molar-refractivity contribution in [1.29, 1.82) is 10.5 Å². The Hall–Kier alpha value is -5.00. The summed E-state index contributed by atoms with van der Waals surface area (Å²) in [5, 5.41) is 35.3. The van der Waals surface area contributed by atoms with E-state index >= 15 is 0 Å². The van der Waals surface area contributed by atoms with E-state index in [-0.39, 0.29) is 68.9 Å². The molecule has 4 aromatic carbocycles. The smallest absolute Gasteiger partial charge is 0.486 e. The monoisotopic (exact) mass is 863 g/mol. The number of para-hydroxylation sites is 8. The van der Waals surface area contributed by atoms with Crippen molar-refractivity contribution >= 4 is 0 Å². The van der Waals surface area contributed by atoms with Crippen LogP contribution in [0.25, 0.3) is 0 Å². The molecule has 1 aliphatic heterocycles. The van der Waals surface area contributed by atoms with Crippen molar-refractivity contribution < 1.29 is 117 Å². The summed E-state index contributed by atoms with van der Waals surface area (Å²) < 4.78 is 47.6. The van der Waals surface area contributed by atoms with Crippen LogP contribution < -0.4 is 112 Å². The first-order valence-electron chi connectivity index (χ1n) is 16.0. The molecule has 0 bridgehead atoms. The van der Waals surface area contributed by atoms with Crippen LogP contribution in [0.1, 0.15) is 20.8 Å². The molecule has 0 fully saturated rings. The van der Waals surface area contributed by atoms with Crippen molar-refractivity contribution in [3.05, 3.63) is 112 Å². The Morgan fingerprint density at radius 1 is 0.463 bits per heavy atom. The summed E-state index contributed by atoms with van der Waals surface area (Å²) in [7, 11) is 0. The van der Waals surface area contributed by atoms with Crippen LogP contribution in [0.2, 0.25) is 0 Å². The largest absolute Gasteiger partial charge is 1.00 e. The predicted molar refractivity (Wildman–Crippen MR) is 193 cm³/mol. The van der Waals surface area contributed by atoms with Crippen LogP contribution in [-0.2, 0) is 0 Å². The molecular formula is C38H42CsN4O11+. The molecule has 15 nitrogen and oxygen atoms in total. The van der Waals surface area contributed by atoms with Crippen molar-refractivity contribution in [1.82, 2.24) is 0 Å². The van der Waals surface area contributed by atoms with E-state index in [1.54, 1.807) is 19.1 Å². The summed E-state index contributed by atoms with van der Waals surface area (Å²) in [5.41, 5.74) is 0. The van der Waals surface area contributed by atoms with Crippen LogP contribution in [0.5, 0.6) is 46.0 Å². The van der Waals surface area contributed by atoms with Gasteiger partial charge in [-0.15, -0.1) is 5.26 Å². The first-order chi connectivity index (χ1) is 25.8. The first-order valence-corrected chi connectivity index (χ1v) is 16.0. The Morgan fingerprint density at radius 2 is 0.556 bits per heavy atom. The van der Waals surface area contributed by atoms with E-state index in [1.807, 2.05) is 103 Å². The zero-order chi connectivity index (χ0) is 38.9. The van der Waals surface area contributed by atoms with Crippen LogP contribution in [0, 0.1) is 44.1 Å². The molecule has 1 heterocycles. The number of rotatable bonds is 0. The van der Waals surface area contributed by atoms with E-state index in [2.05, 4.69) is 0 Å². The molecule has 4 aromatic rings. The van der Waals surface area contributed by atoms with E-state index in [0.29, 0.717) is 98.9 Å². The average Bonchev–Trinajstić information content (AvgIpc) is 3.14. The Kier molecular flexibility index (Phi) is 29.6. The van der Waals surface area contributed by atoms with Gasteiger partial charge in [0.25, 0.3) is 6.07 Å². The second-order valence-corrected chi connectivity index (χ2v) is 9.50. The summed E-state index contributed by atoms with van der Waals surface area (Å²) in [5.74, 6) is 5.05. The maximum atomic E-state index is 8.25. The number of benzene rings is 4. The van der Waals surface area contributed by atoms with Crippen molar-refractivity contribution in [3.63, 3.8) is 0 Å². The summed E-state index contributed by atoms with van der Waals surface area (Å²) in [6.07, 6.45) is 0. The summed E-state index contributed by atoms with van der Waals surface area (Å²) in [6.45, 7) is 7.04. The van der Waals surface area contributed by atoms with Gasteiger partial charge in [0.15, 0.2) is 46.0 Å². The Labute approximate surface area is 374 Å². The van der Waals surface area contributed by atoms with Crippen LogP contribution in [-0.4, -0.2) is 57.9 Å². The molecule has 280 valence electrons. The molecule has 0 aliphatic carbocycles. The van der Waals surface area contributed by atoms with Gasteiger partial charge >= 0.3 is 68.9 Å². The second kappa shape index (κ2) is 32.6. The molecule has 0 saturated carbocycles. The molecule has 0 saturated heterocycles. The summed E-state index contributed by atoms with van der Waals surface area (Å²) in [6, 6.07) is 35.6. The molecule has 16 heteroatoms. The molecular weight excluding hydrogens is 821 g/mol. The number of nitriles is 2. The van der Waals surface area contributed by atoms with Crippen molar-refractivity contribution in [2.45, 2.75) is 20.8 Å². The summed E-state index contributed by atoms with van der Waals surface area (Å²) >= 11 is 0. The zero-order valence-electron chi connectivity index (χ0n) is 30.7. The fraction of sp³-hybridized carbons (Fsp3) is 0.289. The minimum Gasteiger partial charge on any atom is -0.486 e. The number of nitrogens with one attached hydrogen (secondary N) is 1. The molecule has 0 amide bonds. The topological polar surface area (TPSA) is 211 Å². The van der Waals surface area contributed by atoms with Crippen molar-refractivity contribution in [2.24, 2.45) is 0 Å². The van der Waals surface area contributed by atoms with Gasteiger partial charge in [-0.3, -0.25) is 0 Å². The van der Waals surface area contributed by atoms with E-state index in [9.17, 15) is 0 Å². The third kappa shape index (κ3) is 22.2. The molecule has 0 unspecified atom stereocenters. The van der Waals surface area contributed by atoms with Gasteiger partial charge in [-0.2, -0.15) is 10.5 Å². The SMILES string of the molecule is CC#N.CC#N.CC#[NH+].O=[N+]([O-])[O-].[Cs+].c1ccc2c(c1)OCCOc1ccccc1OCCOc1ccccc1OCCOc1ccccc1OCCO2. The fourth-order valence-corrected chi connectivity index (χ4v) is 3.97. The number of hydrogen-bond donors (Lipinski definition) is 1. The van der Waals surface area contributed by atoms with Gasteiger partial charge in [0.05, 0.1) is 24.1 Å². The molecule has 54 heavy (non-hydrogen) atoms. The Balaban J connectivity index is 0.00000176. The fourth-order valence-electron chi connectivity index (χ4n) is 3.97. The number of fused-ring (bicyclic) bond motifs is 4. The van der Waals surface area contributed by atoms with Gasteiger partial charge in [0.1, 0.15) is 52.9 Å². The first kappa shape index (κ1) is 49.0. The molecule has 1 N–H and O–H groups in total. The van der Waals surface area contributed by atoms with E-state index in [1.165, 1.54) is 13.8 Å². The normalized spacial score (nSPS) is 11.9. The maximum Gasteiger partial charge on any atom is 1.00 e. The summed E-state index contributed by atoms with van der Waals surface area (Å²) in [4.78, 5) is 8.25. The van der Waals surface area contributed by atoms with Gasteiger partial charge in [-0.25, -0.2) is 0 Å². The molecule has 0 radical (unpaired) electrons. The Bertz CT molecular complexity index is 1400. The van der Waals surface area contributed by atoms with Crippen molar-refractivity contribution in [2.75, 3.05) is 52.9 Å². The zero-order valence-corrected chi connectivity index (χ0v) is 37.0. The molecule has 0 atom stereocenters. The standard InChI is InChI=1S/C32H32O8.3C2H3N.Cs.NO3/c1-2-10-26-25(9-1)33-17-18-35-27-11-3-4-12-28(27)37-21-22-39-31-15-7-8-16-32(31)40-24-23-38-30-14-6-5-13-29(30)36-20-19-34-26;3*1-2-3;;2-1(3)4/h1-16H,17-24H2;3*1H3;;/q;;;;+1;-1/p+1. The van der Waals surface area contributed by atoms with Gasteiger partial charge < -0.3 is 53.2 Å². The minimum absolute atomic E-state index is 0.